The van der Waals surface area contributed by atoms with Crippen LogP contribution in [0.25, 0.3) is 0 Å². The van der Waals surface area contributed by atoms with E-state index in [4.69, 9.17) is 4.74 Å². The molecule has 0 aliphatic carbocycles. The van der Waals surface area contributed by atoms with Crippen molar-refractivity contribution in [2.24, 2.45) is 0 Å². The highest BCUT2D eigenvalue weighted by Gasteiger charge is 2.31. The van der Waals surface area contributed by atoms with Crippen molar-refractivity contribution >= 4 is 47.8 Å². The second kappa shape index (κ2) is 3.00. The first-order valence-corrected chi connectivity index (χ1v) is 5.91. The van der Waals surface area contributed by atoms with Gasteiger partial charge in [-0.15, -0.1) is 0 Å². The largest absolute Gasteiger partial charge is 0.448 e. The van der Waals surface area contributed by atoms with Crippen LogP contribution in [0.3, 0.4) is 0 Å². The van der Waals surface area contributed by atoms with Crippen LogP contribution >= 0.6 is 47.8 Å². The molecular formula is C8H5Br3O. The van der Waals surface area contributed by atoms with Gasteiger partial charge >= 0.3 is 0 Å². The average Bonchev–Trinajstić information content (AvgIpc) is 2.81. The second-order valence-electron chi connectivity index (χ2n) is 2.53. The minimum atomic E-state index is 0.974. The van der Waals surface area contributed by atoms with E-state index in [0.29, 0.717) is 0 Å². The van der Waals surface area contributed by atoms with Crippen LogP contribution in [0.1, 0.15) is 12.5 Å². The molecule has 1 heterocycles. The van der Waals surface area contributed by atoms with Crippen molar-refractivity contribution < 1.29 is 4.74 Å². The molecule has 4 heteroatoms. The standard InChI is InChI=1S/C8H5Br3O/c1-2-3-4(9)5(10)6(11)8-7(3)12-8/h2H2,1H3. The molecule has 0 N–H and O–H groups in total. The van der Waals surface area contributed by atoms with E-state index in [1.807, 2.05) is 0 Å². The summed E-state index contributed by atoms with van der Waals surface area (Å²) in [6, 6.07) is 0. The van der Waals surface area contributed by atoms with Gasteiger partial charge in [0.2, 0.25) is 0 Å². The van der Waals surface area contributed by atoms with Crippen molar-refractivity contribution in [2.75, 3.05) is 0 Å². The number of ether oxygens (including phenoxy) is 1. The molecule has 64 valence electrons. The van der Waals surface area contributed by atoms with E-state index >= 15 is 0 Å². The Morgan fingerprint density at radius 2 is 1.67 bits per heavy atom. The number of halogens is 3. The van der Waals surface area contributed by atoms with Crippen LogP contribution in [0.2, 0.25) is 0 Å². The summed E-state index contributed by atoms with van der Waals surface area (Å²) in [5.74, 6) is 2.00. The topological polar surface area (TPSA) is 12.5 Å². The highest BCUT2D eigenvalue weighted by Crippen LogP contribution is 2.58. The zero-order valence-electron chi connectivity index (χ0n) is 6.25. The summed E-state index contributed by atoms with van der Waals surface area (Å²) in [5.41, 5.74) is 1.24. The van der Waals surface area contributed by atoms with Crippen molar-refractivity contribution in [2.45, 2.75) is 13.3 Å². The minimum absolute atomic E-state index is 0.974. The Balaban J connectivity index is 2.70. The Morgan fingerprint density at radius 1 is 1.00 bits per heavy atom. The molecule has 0 atom stereocenters. The lowest BCUT2D eigenvalue weighted by Crippen LogP contribution is -1.79. The van der Waals surface area contributed by atoms with Gasteiger partial charge in [-0.3, -0.25) is 0 Å². The SMILES string of the molecule is CCc1c(Br)c(Br)c(Br)c2c1O2. The molecular weight excluding hydrogens is 352 g/mol. The van der Waals surface area contributed by atoms with E-state index in [9.17, 15) is 0 Å². The Kier molecular flexibility index (Phi) is 2.25. The van der Waals surface area contributed by atoms with Gasteiger partial charge in [0, 0.05) is 10.0 Å². The van der Waals surface area contributed by atoms with Crippen molar-refractivity contribution in [1.29, 1.82) is 0 Å². The first kappa shape index (κ1) is 9.03. The van der Waals surface area contributed by atoms with Gasteiger partial charge < -0.3 is 4.74 Å². The van der Waals surface area contributed by atoms with Gasteiger partial charge in [-0.1, -0.05) is 6.92 Å². The van der Waals surface area contributed by atoms with Crippen LogP contribution < -0.4 is 4.74 Å². The molecule has 0 bridgehead atoms. The normalized spacial score (nSPS) is 12.3. The van der Waals surface area contributed by atoms with Gasteiger partial charge in [0.15, 0.2) is 11.5 Å². The molecule has 0 amide bonds. The maximum absolute atomic E-state index is 5.35. The molecule has 0 spiro atoms. The highest BCUT2D eigenvalue weighted by atomic mass is 79.9. The second-order valence-corrected chi connectivity index (χ2v) is 4.91. The molecule has 1 nitrogen and oxygen atoms in total. The molecule has 0 saturated heterocycles. The third-order valence-electron chi connectivity index (χ3n) is 1.85. The molecule has 1 aliphatic heterocycles. The summed E-state index contributed by atoms with van der Waals surface area (Å²) >= 11 is 10.4. The molecule has 1 aromatic rings. The maximum atomic E-state index is 5.35. The lowest BCUT2D eigenvalue weighted by Gasteiger charge is -2.00. The fourth-order valence-corrected chi connectivity index (χ4v) is 2.97. The monoisotopic (exact) mass is 354 g/mol. The van der Waals surface area contributed by atoms with Crippen molar-refractivity contribution in [3.05, 3.63) is 19.0 Å². The smallest absolute Gasteiger partial charge is 0.185 e. The van der Waals surface area contributed by atoms with Gasteiger partial charge in [0.05, 0.1) is 8.95 Å². The minimum Gasteiger partial charge on any atom is -0.448 e. The predicted octanol–water partition coefficient (Wildman–Crippen LogP) is 4.64. The van der Waals surface area contributed by atoms with Gasteiger partial charge in [-0.25, -0.2) is 0 Å². The zero-order valence-corrected chi connectivity index (χ0v) is 11.0. The van der Waals surface area contributed by atoms with Crippen LogP contribution in [-0.2, 0) is 6.42 Å². The Labute approximate surface area is 95.9 Å². The van der Waals surface area contributed by atoms with E-state index in [2.05, 4.69) is 54.7 Å². The van der Waals surface area contributed by atoms with Crippen LogP contribution in [0.4, 0.5) is 0 Å². The molecule has 1 aliphatic rings. The molecule has 0 saturated carbocycles. The number of benzene rings is 1. The van der Waals surface area contributed by atoms with E-state index in [1.165, 1.54) is 5.56 Å². The average molecular weight is 357 g/mol. The van der Waals surface area contributed by atoms with Gasteiger partial charge in [0.25, 0.3) is 0 Å². The fourth-order valence-electron chi connectivity index (χ4n) is 1.16. The molecule has 1 aromatic carbocycles. The number of fused-ring (bicyclic) bond motifs is 1. The van der Waals surface area contributed by atoms with Crippen LogP contribution in [0.15, 0.2) is 13.4 Å². The first-order valence-electron chi connectivity index (χ1n) is 3.54. The number of hydrogen-bond donors (Lipinski definition) is 0. The molecule has 12 heavy (non-hydrogen) atoms. The van der Waals surface area contributed by atoms with E-state index < -0.39 is 0 Å². The number of rotatable bonds is 1. The fraction of sp³-hybridized carbons (Fsp3) is 0.250. The van der Waals surface area contributed by atoms with Gasteiger partial charge in [0.1, 0.15) is 0 Å². The summed E-state index contributed by atoms with van der Waals surface area (Å²) in [6.07, 6.45) is 0.981. The van der Waals surface area contributed by atoms with E-state index in [0.717, 1.165) is 31.3 Å². The third kappa shape index (κ3) is 1.16. The van der Waals surface area contributed by atoms with Gasteiger partial charge in [-0.2, -0.15) is 0 Å². The summed E-state index contributed by atoms with van der Waals surface area (Å²) in [6.45, 7) is 2.11. The Bertz CT molecular complexity index is 360. The molecule has 0 aromatic heterocycles. The first-order chi connectivity index (χ1) is 5.66. The highest BCUT2D eigenvalue weighted by molar-refractivity contribution is 9.14. The summed E-state index contributed by atoms with van der Waals surface area (Å²) in [4.78, 5) is 0. The third-order valence-corrected chi connectivity index (χ3v) is 5.33. The van der Waals surface area contributed by atoms with Crippen LogP contribution in [0.5, 0.6) is 11.5 Å². The lowest BCUT2D eigenvalue weighted by molar-refractivity contribution is 0.642. The van der Waals surface area contributed by atoms with Crippen molar-refractivity contribution in [1.82, 2.24) is 0 Å². The number of hydrogen-bond acceptors (Lipinski definition) is 1. The van der Waals surface area contributed by atoms with Crippen LogP contribution in [-0.4, -0.2) is 0 Å². The molecule has 2 rings (SSSR count). The van der Waals surface area contributed by atoms with E-state index in [-0.39, 0.29) is 0 Å². The zero-order chi connectivity index (χ0) is 8.88. The van der Waals surface area contributed by atoms with Crippen LogP contribution in [0, 0.1) is 0 Å². The van der Waals surface area contributed by atoms with Gasteiger partial charge in [-0.05, 0) is 54.2 Å². The summed E-state index contributed by atoms with van der Waals surface area (Å²) in [5, 5.41) is 0. The molecule has 0 radical (unpaired) electrons. The maximum Gasteiger partial charge on any atom is 0.185 e. The van der Waals surface area contributed by atoms with Crippen molar-refractivity contribution in [3.63, 3.8) is 0 Å². The predicted molar refractivity (Wildman–Crippen MR) is 59.0 cm³/mol. The molecule has 0 fully saturated rings. The summed E-state index contributed by atoms with van der Waals surface area (Å²) in [7, 11) is 0. The lowest BCUT2D eigenvalue weighted by atomic mass is 10.2. The Hall–Kier alpha value is 0.460. The molecule has 0 unspecified atom stereocenters. The Morgan fingerprint density at radius 3 is 2.25 bits per heavy atom. The summed E-state index contributed by atoms with van der Waals surface area (Å²) < 4.78 is 8.48. The van der Waals surface area contributed by atoms with E-state index in [1.54, 1.807) is 0 Å². The van der Waals surface area contributed by atoms with Crippen molar-refractivity contribution in [3.8, 4) is 11.5 Å². The quantitative estimate of drug-likeness (QED) is 0.535.